The van der Waals surface area contributed by atoms with E-state index >= 15 is 0 Å². The van der Waals surface area contributed by atoms with Gasteiger partial charge in [0.2, 0.25) is 0 Å². The van der Waals surface area contributed by atoms with Crippen LogP contribution in [0.3, 0.4) is 0 Å². The summed E-state index contributed by atoms with van der Waals surface area (Å²) in [7, 11) is 1.76. The number of hydrogen-bond acceptors (Lipinski definition) is 2. The normalized spacial score (nSPS) is 16.5. The SMILES string of the molecule is Cc1cc(F)ccc1C(=O)N(C)C1CCC(=O)CC1. The lowest BCUT2D eigenvalue weighted by molar-refractivity contribution is -0.121. The predicted octanol–water partition coefficient (Wildman–Crippen LogP) is 2.72. The van der Waals surface area contributed by atoms with E-state index in [1.807, 2.05) is 0 Å². The fourth-order valence-corrected chi connectivity index (χ4v) is 2.53. The van der Waals surface area contributed by atoms with Crippen molar-refractivity contribution >= 4 is 11.7 Å². The number of benzene rings is 1. The highest BCUT2D eigenvalue weighted by atomic mass is 19.1. The van der Waals surface area contributed by atoms with Crippen molar-refractivity contribution in [3.8, 4) is 0 Å². The quantitative estimate of drug-likeness (QED) is 0.822. The van der Waals surface area contributed by atoms with Gasteiger partial charge in [-0.25, -0.2) is 4.39 Å². The van der Waals surface area contributed by atoms with Crippen LogP contribution in [0.1, 0.15) is 41.6 Å². The van der Waals surface area contributed by atoms with Gasteiger partial charge in [-0.15, -0.1) is 0 Å². The lowest BCUT2D eigenvalue weighted by Crippen LogP contribution is -2.39. The maximum atomic E-state index is 13.0. The minimum Gasteiger partial charge on any atom is -0.339 e. The van der Waals surface area contributed by atoms with Crippen LogP contribution in [0.25, 0.3) is 0 Å². The first kappa shape index (κ1) is 13.7. The zero-order chi connectivity index (χ0) is 14.0. The number of aryl methyl sites for hydroxylation is 1. The van der Waals surface area contributed by atoms with Crippen molar-refractivity contribution < 1.29 is 14.0 Å². The minimum absolute atomic E-state index is 0.100. The molecule has 1 fully saturated rings. The zero-order valence-corrected chi connectivity index (χ0v) is 11.3. The highest BCUT2D eigenvalue weighted by Crippen LogP contribution is 2.22. The molecule has 1 aromatic rings. The molecule has 1 saturated carbocycles. The number of rotatable bonds is 2. The summed E-state index contributed by atoms with van der Waals surface area (Å²) in [6.07, 6.45) is 2.54. The summed E-state index contributed by atoms with van der Waals surface area (Å²) in [4.78, 5) is 25.3. The first-order valence-electron chi connectivity index (χ1n) is 6.54. The molecule has 0 aromatic heterocycles. The number of hydrogen-bond donors (Lipinski definition) is 0. The van der Waals surface area contributed by atoms with Gasteiger partial charge in [-0.1, -0.05) is 0 Å². The van der Waals surface area contributed by atoms with Crippen molar-refractivity contribution in [2.45, 2.75) is 38.6 Å². The van der Waals surface area contributed by atoms with E-state index in [1.165, 1.54) is 18.2 Å². The predicted molar refractivity (Wildman–Crippen MR) is 70.5 cm³/mol. The van der Waals surface area contributed by atoms with E-state index in [-0.39, 0.29) is 23.5 Å². The molecule has 19 heavy (non-hydrogen) atoms. The molecule has 0 saturated heterocycles. The van der Waals surface area contributed by atoms with E-state index in [2.05, 4.69) is 0 Å². The molecule has 0 unspecified atom stereocenters. The number of halogens is 1. The van der Waals surface area contributed by atoms with Gasteiger partial charge in [-0.3, -0.25) is 9.59 Å². The monoisotopic (exact) mass is 263 g/mol. The molecule has 1 aromatic carbocycles. The van der Waals surface area contributed by atoms with Crippen molar-refractivity contribution in [1.82, 2.24) is 4.90 Å². The molecule has 0 atom stereocenters. The molecule has 0 spiro atoms. The highest BCUT2D eigenvalue weighted by Gasteiger charge is 2.26. The molecule has 1 amide bonds. The van der Waals surface area contributed by atoms with Gasteiger partial charge in [0.1, 0.15) is 11.6 Å². The third-order valence-electron chi connectivity index (χ3n) is 3.80. The fraction of sp³-hybridized carbons (Fsp3) is 0.467. The summed E-state index contributed by atoms with van der Waals surface area (Å²) in [5, 5.41) is 0. The van der Waals surface area contributed by atoms with E-state index < -0.39 is 0 Å². The van der Waals surface area contributed by atoms with Gasteiger partial charge in [-0.05, 0) is 43.5 Å². The largest absolute Gasteiger partial charge is 0.339 e. The molecule has 1 aliphatic rings. The summed E-state index contributed by atoms with van der Waals surface area (Å²) >= 11 is 0. The molecule has 0 radical (unpaired) electrons. The molecule has 1 aliphatic carbocycles. The lowest BCUT2D eigenvalue weighted by atomic mass is 9.93. The Balaban J connectivity index is 2.12. The van der Waals surface area contributed by atoms with Crippen molar-refractivity contribution in [2.75, 3.05) is 7.05 Å². The van der Waals surface area contributed by atoms with Crippen LogP contribution >= 0.6 is 0 Å². The summed E-state index contributed by atoms with van der Waals surface area (Å²) in [5.41, 5.74) is 1.17. The van der Waals surface area contributed by atoms with Crippen molar-refractivity contribution in [3.05, 3.63) is 35.1 Å². The average Bonchev–Trinajstić information content (AvgIpc) is 2.38. The van der Waals surface area contributed by atoms with Crippen LogP contribution in [0.4, 0.5) is 4.39 Å². The van der Waals surface area contributed by atoms with E-state index in [9.17, 15) is 14.0 Å². The third-order valence-corrected chi connectivity index (χ3v) is 3.80. The summed E-state index contributed by atoms with van der Waals surface area (Å²) in [6, 6.07) is 4.30. The Hall–Kier alpha value is -1.71. The molecule has 0 heterocycles. The lowest BCUT2D eigenvalue weighted by Gasteiger charge is -2.31. The van der Waals surface area contributed by atoms with Crippen molar-refractivity contribution in [2.24, 2.45) is 0 Å². The number of nitrogens with zero attached hydrogens (tertiary/aromatic N) is 1. The number of carbonyl (C=O) groups excluding carboxylic acids is 2. The molecule has 0 bridgehead atoms. The van der Waals surface area contributed by atoms with Gasteiger partial charge >= 0.3 is 0 Å². The second kappa shape index (κ2) is 5.51. The topological polar surface area (TPSA) is 37.4 Å². The highest BCUT2D eigenvalue weighted by molar-refractivity contribution is 5.95. The number of ketones is 1. The first-order valence-corrected chi connectivity index (χ1v) is 6.54. The van der Waals surface area contributed by atoms with Crippen LogP contribution in [0, 0.1) is 12.7 Å². The summed E-state index contributed by atoms with van der Waals surface area (Å²) < 4.78 is 13.0. The van der Waals surface area contributed by atoms with E-state index in [0.717, 1.165) is 12.8 Å². The Labute approximate surface area is 112 Å². The maximum Gasteiger partial charge on any atom is 0.254 e. The molecule has 4 heteroatoms. The van der Waals surface area contributed by atoms with Gasteiger partial charge in [0.05, 0.1) is 0 Å². The Morgan fingerprint density at radius 3 is 2.53 bits per heavy atom. The minimum atomic E-state index is -0.333. The van der Waals surface area contributed by atoms with Gasteiger partial charge in [-0.2, -0.15) is 0 Å². The van der Waals surface area contributed by atoms with Gasteiger partial charge < -0.3 is 4.90 Å². The summed E-state index contributed by atoms with van der Waals surface area (Å²) in [5.74, 6) is -0.160. The van der Waals surface area contributed by atoms with Crippen LogP contribution in [0.15, 0.2) is 18.2 Å². The standard InChI is InChI=1S/C15H18FNO2/c1-10-9-11(16)3-8-14(10)15(19)17(2)12-4-6-13(18)7-5-12/h3,8-9,12H,4-7H2,1-2H3. The Morgan fingerprint density at radius 1 is 1.32 bits per heavy atom. The second-order valence-corrected chi connectivity index (χ2v) is 5.15. The molecule has 0 N–H and O–H groups in total. The van der Waals surface area contributed by atoms with E-state index in [4.69, 9.17) is 0 Å². The second-order valence-electron chi connectivity index (χ2n) is 5.15. The fourth-order valence-electron chi connectivity index (χ4n) is 2.53. The average molecular weight is 263 g/mol. The smallest absolute Gasteiger partial charge is 0.254 e. The van der Waals surface area contributed by atoms with Crippen LogP contribution in [0.5, 0.6) is 0 Å². The van der Waals surface area contributed by atoms with Crippen molar-refractivity contribution in [3.63, 3.8) is 0 Å². The van der Waals surface area contributed by atoms with Crippen LogP contribution < -0.4 is 0 Å². The molecule has 2 rings (SSSR count). The Kier molecular flexibility index (Phi) is 3.98. The van der Waals surface area contributed by atoms with Gasteiger partial charge in [0.25, 0.3) is 5.91 Å². The Bertz CT molecular complexity index is 503. The maximum absolute atomic E-state index is 13.0. The number of amides is 1. The molecular weight excluding hydrogens is 245 g/mol. The van der Waals surface area contributed by atoms with Crippen LogP contribution in [-0.2, 0) is 4.79 Å². The van der Waals surface area contributed by atoms with Crippen LogP contribution in [0.2, 0.25) is 0 Å². The van der Waals surface area contributed by atoms with Crippen molar-refractivity contribution in [1.29, 1.82) is 0 Å². The van der Waals surface area contributed by atoms with Gasteiger partial charge in [0.15, 0.2) is 0 Å². The molecule has 3 nitrogen and oxygen atoms in total. The zero-order valence-electron chi connectivity index (χ0n) is 11.3. The number of Topliss-reactive ketones (excluding diaryl/α,β-unsaturated/α-hetero) is 1. The third kappa shape index (κ3) is 3.00. The molecule has 0 aliphatic heterocycles. The first-order chi connectivity index (χ1) is 8.99. The molecular formula is C15H18FNO2. The van der Waals surface area contributed by atoms with Gasteiger partial charge in [0, 0.05) is 31.5 Å². The number of carbonyl (C=O) groups is 2. The molecule has 102 valence electrons. The Morgan fingerprint density at radius 2 is 1.95 bits per heavy atom. The van der Waals surface area contributed by atoms with E-state index in [0.29, 0.717) is 24.0 Å². The van der Waals surface area contributed by atoms with Crippen LogP contribution in [-0.4, -0.2) is 29.7 Å². The summed E-state index contributed by atoms with van der Waals surface area (Å²) in [6.45, 7) is 1.73. The van der Waals surface area contributed by atoms with E-state index in [1.54, 1.807) is 18.9 Å².